The molecule has 1 atom stereocenters. The van der Waals surface area contributed by atoms with Crippen molar-refractivity contribution in [3.05, 3.63) is 0 Å². The summed E-state index contributed by atoms with van der Waals surface area (Å²) in [5, 5.41) is 3.44. The Morgan fingerprint density at radius 3 is 2.44 bits per heavy atom. The van der Waals surface area contributed by atoms with Crippen LogP contribution < -0.4 is 5.32 Å². The number of amides is 1. The van der Waals surface area contributed by atoms with E-state index >= 15 is 0 Å². The number of carbonyl (C=O) groups excluding carboxylic acids is 1. The molecule has 3 rings (SSSR count). The highest BCUT2D eigenvalue weighted by Gasteiger charge is 2.59. The number of sulfone groups is 1. The Hall–Kier alpha value is -0.620. The van der Waals surface area contributed by atoms with Crippen molar-refractivity contribution < 1.29 is 13.2 Å². The van der Waals surface area contributed by atoms with Crippen molar-refractivity contribution in [2.24, 2.45) is 0 Å². The summed E-state index contributed by atoms with van der Waals surface area (Å²) in [6.45, 7) is 2.07. The van der Waals surface area contributed by atoms with Crippen molar-refractivity contribution >= 4 is 15.7 Å². The first-order chi connectivity index (χ1) is 8.47. The van der Waals surface area contributed by atoms with Crippen LogP contribution in [0.1, 0.15) is 39.0 Å². The fraction of sp³-hybridized carbons (Fsp3) is 0.917. The lowest BCUT2D eigenvalue weighted by Crippen LogP contribution is -2.47. The lowest BCUT2D eigenvalue weighted by atomic mass is 10.1. The largest absolute Gasteiger partial charge is 0.323 e. The summed E-state index contributed by atoms with van der Waals surface area (Å²) in [7, 11) is -2.86. The van der Waals surface area contributed by atoms with E-state index in [1.165, 1.54) is 0 Å². The third-order valence-electron chi connectivity index (χ3n) is 4.48. The van der Waals surface area contributed by atoms with E-state index in [1.54, 1.807) is 0 Å². The van der Waals surface area contributed by atoms with Crippen LogP contribution in [0.2, 0.25) is 0 Å². The second kappa shape index (κ2) is 3.93. The van der Waals surface area contributed by atoms with Gasteiger partial charge in [0.25, 0.3) is 0 Å². The zero-order valence-electron chi connectivity index (χ0n) is 10.7. The Morgan fingerprint density at radius 1 is 1.33 bits per heavy atom. The number of rotatable bonds is 2. The van der Waals surface area contributed by atoms with Gasteiger partial charge in [0.2, 0.25) is 5.91 Å². The van der Waals surface area contributed by atoms with E-state index in [-0.39, 0.29) is 35.2 Å². The van der Waals surface area contributed by atoms with Gasteiger partial charge in [-0.3, -0.25) is 10.1 Å². The number of nitrogens with one attached hydrogen (secondary N) is 1. The third-order valence-corrected chi connectivity index (χ3v) is 6.19. The van der Waals surface area contributed by atoms with Gasteiger partial charge in [0.1, 0.15) is 9.84 Å². The summed E-state index contributed by atoms with van der Waals surface area (Å²) < 4.78 is 22.9. The van der Waals surface area contributed by atoms with E-state index in [9.17, 15) is 13.2 Å². The molecule has 2 saturated heterocycles. The normalized spacial score (nSPS) is 34.2. The number of carbonyl (C=O) groups is 1. The van der Waals surface area contributed by atoms with Gasteiger partial charge in [-0.05, 0) is 32.1 Å². The predicted octanol–water partition coefficient (Wildman–Crippen LogP) is 0.264. The molecular weight excluding hydrogens is 252 g/mol. The van der Waals surface area contributed by atoms with Crippen molar-refractivity contribution in [3.63, 3.8) is 0 Å². The molecule has 2 heterocycles. The maximum atomic E-state index is 12.4. The summed E-state index contributed by atoms with van der Waals surface area (Å²) in [6.07, 6.45) is 4.06. The molecule has 1 spiro atoms. The van der Waals surface area contributed by atoms with E-state index in [4.69, 9.17) is 0 Å². The molecule has 3 aliphatic rings. The topological polar surface area (TPSA) is 66.5 Å². The molecule has 1 aliphatic carbocycles. The van der Waals surface area contributed by atoms with Crippen molar-refractivity contribution in [2.75, 3.05) is 11.5 Å². The van der Waals surface area contributed by atoms with Gasteiger partial charge in [0, 0.05) is 6.04 Å². The van der Waals surface area contributed by atoms with Crippen LogP contribution >= 0.6 is 0 Å². The first-order valence-electron chi connectivity index (χ1n) is 6.78. The second-order valence-corrected chi connectivity index (χ2v) is 8.05. The second-order valence-electron chi connectivity index (χ2n) is 5.75. The lowest BCUT2D eigenvalue weighted by molar-refractivity contribution is -0.133. The van der Waals surface area contributed by atoms with Crippen LogP contribution in [-0.4, -0.2) is 48.5 Å². The molecule has 5 nitrogen and oxygen atoms in total. The Morgan fingerprint density at radius 2 is 1.94 bits per heavy atom. The van der Waals surface area contributed by atoms with Gasteiger partial charge in [-0.25, -0.2) is 8.42 Å². The summed E-state index contributed by atoms with van der Waals surface area (Å²) in [4.78, 5) is 14.4. The minimum absolute atomic E-state index is 0.103. The minimum Gasteiger partial charge on any atom is -0.323 e. The summed E-state index contributed by atoms with van der Waals surface area (Å²) in [5.74, 6) is 0.661. The molecule has 0 bridgehead atoms. The zero-order chi connectivity index (χ0) is 13.0. The fourth-order valence-corrected chi connectivity index (χ4v) is 4.66. The molecule has 1 saturated carbocycles. The van der Waals surface area contributed by atoms with Crippen LogP contribution in [0.15, 0.2) is 0 Å². The molecule has 3 fully saturated rings. The smallest absolute Gasteiger partial charge is 0.244 e. The highest BCUT2D eigenvalue weighted by atomic mass is 32.2. The van der Waals surface area contributed by atoms with Crippen LogP contribution in [0, 0.1) is 0 Å². The van der Waals surface area contributed by atoms with Gasteiger partial charge in [0.05, 0.1) is 23.2 Å². The van der Waals surface area contributed by atoms with Crippen molar-refractivity contribution in [1.29, 1.82) is 0 Å². The monoisotopic (exact) mass is 272 g/mol. The van der Waals surface area contributed by atoms with Gasteiger partial charge >= 0.3 is 0 Å². The summed E-state index contributed by atoms with van der Waals surface area (Å²) >= 11 is 0. The highest BCUT2D eigenvalue weighted by molar-refractivity contribution is 7.91. The van der Waals surface area contributed by atoms with Gasteiger partial charge < -0.3 is 4.90 Å². The van der Waals surface area contributed by atoms with E-state index in [1.807, 2.05) is 4.90 Å². The molecule has 0 aromatic carbocycles. The molecule has 18 heavy (non-hydrogen) atoms. The van der Waals surface area contributed by atoms with Crippen LogP contribution in [0.4, 0.5) is 0 Å². The average molecular weight is 272 g/mol. The number of hydrogen-bond donors (Lipinski definition) is 1. The minimum atomic E-state index is -2.86. The first-order valence-corrected chi connectivity index (χ1v) is 8.60. The van der Waals surface area contributed by atoms with Crippen molar-refractivity contribution in [2.45, 2.75) is 56.8 Å². The van der Waals surface area contributed by atoms with Crippen LogP contribution in [0.25, 0.3) is 0 Å². The Labute approximate surface area is 108 Å². The molecular formula is C12H20N2O3S. The lowest BCUT2D eigenvalue weighted by Gasteiger charge is -2.34. The highest BCUT2D eigenvalue weighted by Crippen LogP contribution is 2.44. The van der Waals surface area contributed by atoms with E-state index < -0.39 is 9.84 Å². The molecule has 0 aromatic rings. The van der Waals surface area contributed by atoms with Crippen LogP contribution in [0.5, 0.6) is 0 Å². The summed E-state index contributed by atoms with van der Waals surface area (Å²) in [6, 6.07) is 0.110. The molecule has 0 aromatic heterocycles. The predicted molar refractivity (Wildman–Crippen MR) is 67.7 cm³/mol. The molecule has 1 N–H and O–H groups in total. The third kappa shape index (κ3) is 1.86. The maximum Gasteiger partial charge on any atom is 0.244 e. The number of hydrogen-bond acceptors (Lipinski definition) is 4. The van der Waals surface area contributed by atoms with Crippen LogP contribution in [0.3, 0.4) is 0 Å². The van der Waals surface area contributed by atoms with E-state index in [0.29, 0.717) is 12.8 Å². The Bertz CT molecular complexity index is 456. The first kappa shape index (κ1) is 12.4. The standard InChI is InChI=1S/C12H20N2O3S/c1-2-10-13-12(5-6-12)11(15)14(10)9-3-7-18(16,17)8-4-9/h9-10,13H,2-8H2,1H3. The molecule has 102 valence electrons. The maximum absolute atomic E-state index is 12.4. The van der Waals surface area contributed by atoms with Gasteiger partial charge in [-0.15, -0.1) is 0 Å². The molecule has 0 radical (unpaired) electrons. The van der Waals surface area contributed by atoms with Crippen LogP contribution in [-0.2, 0) is 14.6 Å². The fourth-order valence-electron chi connectivity index (χ4n) is 3.20. The number of nitrogens with zero attached hydrogens (tertiary/aromatic N) is 1. The molecule has 2 aliphatic heterocycles. The Kier molecular flexibility index (Phi) is 2.71. The molecule has 1 unspecified atom stereocenters. The average Bonchev–Trinajstić information content (AvgIpc) is 3.04. The van der Waals surface area contributed by atoms with Crippen molar-refractivity contribution in [3.8, 4) is 0 Å². The van der Waals surface area contributed by atoms with Gasteiger partial charge in [-0.1, -0.05) is 6.92 Å². The SMILES string of the molecule is CCC1NC2(CC2)C(=O)N1C1CCS(=O)(=O)CC1. The Balaban J connectivity index is 1.77. The summed E-state index contributed by atoms with van der Waals surface area (Å²) in [5.41, 5.74) is -0.281. The molecule has 1 amide bonds. The molecule has 6 heteroatoms. The van der Waals surface area contributed by atoms with E-state index in [2.05, 4.69) is 12.2 Å². The van der Waals surface area contributed by atoms with Gasteiger partial charge in [0.15, 0.2) is 0 Å². The van der Waals surface area contributed by atoms with Crippen molar-refractivity contribution in [1.82, 2.24) is 10.2 Å². The zero-order valence-corrected chi connectivity index (χ0v) is 11.5. The quantitative estimate of drug-likeness (QED) is 0.783. The van der Waals surface area contributed by atoms with Gasteiger partial charge in [-0.2, -0.15) is 0 Å². The van der Waals surface area contributed by atoms with E-state index in [0.717, 1.165) is 19.3 Å².